The highest BCUT2D eigenvalue weighted by atomic mass is 16.1. The van der Waals surface area contributed by atoms with E-state index < -0.39 is 0 Å². The number of rotatable bonds is 6. The van der Waals surface area contributed by atoms with Gasteiger partial charge in [-0.25, -0.2) is 4.98 Å². The molecule has 1 amide bonds. The van der Waals surface area contributed by atoms with Crippen molar-refractivity contribution in [1.82, 2.24) is 15.3 Å². The highest BCUT2D eigenvalue weighted by molar-refractivity contribution is 6.17. The number of hydrogen-bond acceptors (Lipinski definition) is 4. The van der Waals surface area contributed by atoms with Gasteiger partial charge < -0.3 is 15.6 Å². The van der Waals surface area contributed by atoms with Gasteiger partial charge in [-0.05, 0) is 44.4 Å². The summed E-state index contributed by atoms with van der Waals surface area (Å²) in [6.07, 6.45) is 5.22. The molecule has 6 heteroatoms. The van der Waals surface area contributed by atoms with Crippen molar-refractivity contribution in [2.45, 2.75) is 39.2 Å². The van der Waals surface area contributed by atoms with Crippen LogP contribution < -0.4 is 10.6 Å². The molecule has 1 aromatic carbocycles. The van der Waals surface area contributed by atoms with Gasteiger partial charge in [-0.15, -0.1) is 0 Å². The number of pyridine rings is 1. The number of benzene rings is 1. The van der Waals surface area contributed by atoms with E-state index in [2.05, 4.69) is 26.7 Å². The minimum Gasteiger partial charge on any atom is -0.382 e. The fourth-order valence-corrected chi connectivity index (χ4v) is 3.43. The summed E-state index contributed by atoms with van der Waals surface area (Å²) >= 11 is 0. The quantitative estimate of drug-likeness (QED) is 0.620. The second-order valence-corrected chi connectivity index (χ2v) is 7.55. The second kappa shape index (κ2) is 6.92. The number of amides is 1. The average Bonchev–Trinajstić information content (AvgIpc) is 3.39. The summed E-state index contributed by atoms with van der Waals surface area (Å²) in [6, 6.07) is 7.83. The van der Waals surface area contributed by atoms with Crippen LogP contribution in [0.1, 0.15) is 49.0 Å². The van der Waals surface area contributed by atoms with E-state index in [1.165, 1.54) is 12.8 Å². The van der Waals surface area contributed by atoms with E-state index in [1.807, 2.05) is 26.0 Å². The molecule has 2 aromatic heterocycles. The Kier molecular flexibility index (Phi) is 4.44. The number of carbonyl (C=O) groups is 1. The summed E-state index contributed by atoms with van der Waals surface area (Å²) in [5.41, 5.74) is 3.49. The van der Waals surface area contributed by atoms with Crippen LogP contribution in [0.15, 0.2) is 24.4 Å². The zero-order valence-electron chi connectivity index (χ0n) is 15.6. The van der Waals surface area contributed by atoms with Crippen LogP contribution in [0.2, 0.25) is 0 Å². The minimum absolute atomic E-state index is 0.112. The normalized spacial score (nSPS) is 13.9. The van der Waals surface area contributed by atoms with Crippen molar-refractivity contribution in [1.29, 1.82) is 5.26 Å². The molecule has 1 fully saturated rings. The van der Waals surface area contributed by atoms with Crippen molar-refractivity contribution in [3.8, 4) is 6.07 Å². The van der Waals surface area contributed by atoms with Gasteiger partial charge in [0.15, 0.2) is 0 Å². The topological polar surface area (TPSA) is 93.6 Å². The minimum atomic E-state index is -0.112. The van der Waals surface area contributed by atoms with E-state index in [9.17, 15) is 10.1 Å². The zero-order valence-corrected chi connectivity index (χ0v) is 15.6. The summed E-state index contributed by atoms with van der Waals surface area (Å²) < 4.78 is 0. The molecule has 0 bridgehead atoms. The Morgan fingerprint density at radius 1 is 1.41 bits per heavy atom. The Balaban J connectivity index is 1.80. The number of anilines is 1. The Morgan fingerprint density at radius 2 is 2.22 bits per heavy atom. The second-order valence-electron chi connectivity index (χ2n) is 7.55. The molecular weight excluding hydrogens is 338 g/mol. The van der Waals surface area contributed by atoms with Gasteiger partial charge in [0.2, 0.25) is 0 Å². The lowest BCUT2D eigenvalue weighted by atomic mass is 10.1. The predicted octanol–water partition coefficient (Wildman–Crippen LogP) is 3.94. The third kappa shape index (κ3) is 3.45. The maximum atomic E-state index is 12.8. The Morgan fingerprint density at radius 3 is 2.93 bits per heavy atom. The maximum absolute atomic E-state index is 12.8. The summed E-state index contributed by atoms with van der Waals surface area (Å²) in [4.78, 5) is 20.6. The first-order valence-corrected chi connectivity index (χ1v) is 9.46. The van der Waals surface area contributed by atoms with Gasteiger partial charge in [-0.3, -0.25) is 4.79 Å². The van der Waals surface area contributed by atoms with Crippen LogP contribution in [-0.2, 0) is 0 Å². The van der Waals surface area contributed by atoms with Gasteiger partial charge >= 0.3 is 0 Å². The maximum Gasteiger partial charge on any atom is 0.254 e. The molecule has 0 aliphatic heterocycles. The molecule has 0 saturated heterocycles. The molecule has 0 atom stereocenters. The molecular formula is C21H23N5O. The van der Waals surface area contributed by atoms with Crippen LogP contribution in [0.5, 0.6) is 0 Å². The predicted molar refractivity (Wildman–Crippen MR) is 107 cm³/mol. The number of hydrogen-bond donors (Lipinski definition) is 3. The summed E-state index contributed by atoms with van der Waals surface area (Å²) in [7, 11) is 0. The zero-order chi connectivity index (χ0) is 19.0. The van der Waals surface area contributed by atoms with Gasteiger partial charge in [0.05, 0.1) is 28.3 Å². The molecule has 0 spiro atoms. The average molecular weight is 361 g/mol. The van der Waals surface area contributed by atoms with Crippen LogP contribution in [0.4, 0.5) is 5.69 Å². The monoisotopic (exact) mass is 361 g/mol. The van der Waals surface area contributed by atoms with Crippen molar-refractivity contribution in [3.63, 3.8) is 0 Å². The standard InChI is InChI=1S/C21H23N5O/c1-12(2)25-19-16(21(27)23-8-7-13-3-4-13)11-24-20-18(19)15-9-14(10-22)5-6-17(15)26-20/h5-6,9,11-13H,3-4,7-8H2,1-2H3,(H,23,27)(H2,24,25,26). The number of nitrogens with zero attached hydrogens (tertiary/aromatic N) is 2. The Labute approximate surface area is 158 Å². The van der Waals surface area contributed by atoms with E-state index in [1.54, 1.807) is 12.3 Å². The summed E-state index contributed by atoms with van der Waals surface area (Å²) in [6.45, 7) is 4.77. The van der Waals surface area contributed by atoms with E-state index in [-0.39, 0.29) is 11.9 Å². The SMILES string of the molecule is CC(C)Nc1c(C(=O)NCCC2CC2)cnc2[nH]c3ccc(C#N)cc3c12. The first kappa shape index (κ1) is 17.3. The molecule has 4 rings (SSSR count). The van der Waals surface area contributed by atoms with Gasteiger partial charge in [0, 0.05) is 29.7 Å². The van der Waals surface area contributed by atoms with Gasteiger partial charge in [0.1, 0.15) is 5.65 Å². The summed E-state index contributed by atoms with van der Waals surface area (Å²) in [5.74, 6) is 0.663. The van der Waals surface area contributed by atoms with Crippen molar-refractivity contribution in [3.05, 3.63) is 35.5 Å². The smallest absolute Gasteiger partial charge is 0.254 e. The third-order valence-electron chi connectivity index (χ3n) is 4.96. The van der Waals surface area contributed by atoms with E-state index in [0.717, 1.165) is 34.3 Å². The molecule has 1 aliphatic rings. The van der Waals surface area contributed by atoms with Gasteiger partial charge in [0.25, 0.3) is 5.91 Å². The molecule has 1 saturated carbocycles. The molecule has 2 heterocycles. The number of fused-ring (bicyclic) bond motifs is 3. The van der Waals surface area contributed by atoms with Crippen LogP contribution in [0.3, 0.4) is 0 Å². The number of carbonyl (C=O) groups excluding carboxylic acids is 1. The number of aromatic nitrogens is 2. The van der Waals surface area contributed by atoms with Crippen molar-refractivity contribution in [2.75, 3.05) is 11.9 Å². The van der Waals surface area contributed by atoms with Crippen LogP contribution in [0.25, 0.3) is 21.9 Å². The molecule has 3 aromatic rings. The summed E-state index contributed by atoms with van der Waals surface area (Å²) in [5, 5.41) is 17.5. The van der Waals surface area contributed by atoms with Crippen LogP contribution in [-0.4, -0.2) is 28.5 Å². The van der Waals surface area contributed by atoms with Crippen LogP contribution >= 0.6 is 0 Å². The Hall–Kier alpha value is -3.07. The first-order chi connectivity index (χ1) is 13.1. The van der Waals surface area contributed by atoms with E-state index in [4.69, 9.17) is 0 Å². The third-order valence-corrected chi connectivity index (χ3v) is 4.96. The molecule has 0 radical (unpaired) electrons. The Bertz CT molecular complexity index is 1060. The molecule has 27 heavy (non-hydrogen) atoms. The lowest BCUT2D eigenvalue weighted by Crippen LogP contribution is -2.26. The van der Waals surface area contributed by atoms with E-state index in [0.29, 0.717) is 23.3 Å². The highest BCUT2D eigenvalue weighted by Crippen LogP contribution is 2.34. The van der Waals surface area contributed by atoms with Crippen molar-refractivity contribution >= 4 is 33.5 Å². The number of H-pyrrole nitrogens is 1. The van der Waals surface area contributed by atoms with Gasteiger partial charge in [-0.2, -0.15) is 5.26 Å². The molecule has 138 valence electrons. The lowest BCUT2D eigenvalue weighted by molar-refractivity contribution is 0.0953. The molecule has 0 unspecified atom stereocenters. The molecule has 6 nitrogen and oxygen atoms in total. The lowest BCUT2D eigenvalue weighted by Gasteiger charge is -2.16. The largest absolute Gasteiger partial charge is 0.382 e. The van der Waals surface area contributed by atoms with E-state index >= 15 is 0 Å². The number of aromatic amines is 1. The number of nitriles is 1. The van der Waals surface area contributed by atoms with Crippen molar-refractivity contribution < 1.29 is 4.79 Å². The van der Waals surface area contributed by atoms with Crippen LogP contribution in [0, 0.1) is 17.2 Å². The first-order valence-electron chi connectivity index (χ1n) is 9.46. The van der Waals surface area contributed by atoms with Gasteiger partial charge in [-0.1, -0.05) is 12.8 Å². The fourth-order valence-electron chi connectivity index (χ4n) is 3.43. The van der Waals surface area contributed by atoms with Crippen molar-refractivity contribution in [2.24, 2.45) is 5.92 Å². The number of nitrogens with one attached hydrogen (secondary N) is 3. The fraction of sp³-hybridized carbons (Fsp3) is 0.381. The molecule has 1 aliphatic carbocycles. The molecule has 3 N–H and O–H groups in total. The highest BCUT2D eigenvalue weighted by Gasteiger charge is 2.22.